The molecule has 0 bridgehead atoms. The van der Waals surface area contributed by atoms with Crippen molar-refractivity contribution in [1.29, 1.82) is 0 Å². The van der Waals surface area contributed by atoms with Crippen molar-refractivity contribution in [2.45, 2.75) is 18.3 Å². The average molecular weight is 410 g/mol. The summed E-state index contributed by atoms with van der Waals surface area (Å²) < 4.78 is 5.85. The predicted octanol–water partition coefficient (Wildman–Crippen LogP) is 5.16. The number of ether oxygens (including phenoxy) is 1. The van der Waals surface area contributed by atoms with Crippen LogP contribution in [0.15, 0.2) is 48.5 Å². The van der Waals surface area contributed by atoms with E-state index in [1.165, 1.54) is 5.56 Å². The number of halogens is 2. The van der Waals surface area contributed by atoms with E-state index in [2.05, 4.69) is 17.0 Å². The normalized spacial score (nSPS) is 17.8. The number of hydrogen-bond donors (Lipinski definition) is 0. The highest BCUT2D eigenvalue weighted by molar-refractivity contribution is 7.99. The van der Waals surface area contributed by atoms with Gasteiger partial charge in [-0.1, -0.05) is 41.9 Å². The highest BCUT2D eigenvalue weighted by atomic mass is 35.5. The van der Waals surface area contributed by atoms with Gasteiger partial charge in [-0.25, -0.2) is 0 Å². The molecule has 138 valence electrons. The van der Waals surface area contributed by atoms with E-state index in [9.17, 15) is 4.79 Å². The predicted molar refractivity (Wildman–Crippen MR) is 109 cm³/mol. The average Bonchev–Trinajstić information content (AvgIpc) is 2.66. The van der Waals surface area contributed by atoms with Crippen molar-refractivity contribution in [1.82, 2.24) is 4.90 Å². The summed E-state index contributed by atoms with van der Waals surface area (Å²) >= 11 is 13.6. The second kappa shape index (κ2) is 9.65. The third kappa shape index (κ3) is 5.65. The molecule has 3 nitrogen and oxygen atoms in total. The number of benzene rings is 2. The first-order valence-electron chi connectivity index (χ1n) is 8.60. The lowest BCUT2D eigenvalue weighted by Crippen LogP contribution is -2.35. The van der Waals surface area contributed by atoms with E-state index in [0.29, 0.717) is 18.3 Å². The summed E-state index contributed by atoms with van der Waals surface area (Å²) in [6, 6.07) is 16.0. The van der Waals surface area contributed by atoms with Crippen LogP contribution in [0.1, 0.15) is 22.8 Å². The van der Waals surface area contributed by atoms with E-state index in [0.717, 1.165) is 41.7 Å². The minimum absolute atomic E-state index is 0.264. The molecule has 1 atom stereocenters. The number of carbonyl (C=O) groups is 1. The van der Waals surface area contributed by atoms with Crippen LogP contribution in [0.2, 0.25) is 5.02 Å². The lowest BCUT2D eigenvalue weighted by Gasteiger charge is -2.32. The van der Waals surface area contributed by atoms with E-state index in [1.54, 1.807) is 0 Å². The van der Waals surface area contributed by atoms with Crippen LogP contribution in [-0.4, -0.2) is 35.5 Å². The van der Waals surface area contributed by atoms with Gasteiger partial charge in [0.2, 0.25) is 5.24 Å². The van der Waals surface area contributed by atoms with Gasteiger partial charge in [0.1, 0.15) is 12.4 Å². The molecule has 1 saturated heterocycles. The lowest BCUT2D eigenvalue weighted by atomic mass is 10.1. The Bertz CT molecular complexity index is 739. The highest BCUT2D eigenvalue weighted by Gasteiger charge is 2.22. The second-order valence-corrected chi connectivity index (χ2v) is 8.35. The molecule has 0 aliphatic carbocycles. The Morgan fingerprint density at radius 1 is 1.19 bits per heavy atom. The molecule has 26 heavy (non-hydrogen) atoms. The number of hydrogen-bond acceptors (Lipinski definition) is 4. The Morgan fingerprint density at radius 3 is 2.69 bits per heavy atom. The zero-order valence-corrected chi connectivity index (χ0v) is 16.7. The van der Waals surface area contributed by atoms with Gasteiger partial charge in [0.05, 0.1) is 0 Å². The van der Waals surface area contributed by atoms with Gasteiger partial charge >= 0.3 is 0 Å². The zero-order valence-electron chi connectivity index (χ0n) is 14.4. The molecule has 1 heterocycles. The molecule has 1 unspecified atom stereocenters. The molecular weight excluding hydrogens is 389 g/mol. The van der Waals surface area contributed by atoms with E-state index in [-0.39, 0.29) is 5.24 Å². The summed E-state index contributed by atoms with van der Waals surface area (Å²) in [7, 11) is 0. The van der Waals surface area contributed by atoms with Crippen LogP contribution >= 0.6 is 35.0 Å². The number of rotatable bonds is 7. The van der Waals surface area contributed by atoms with E-state index >= 15 is 0 Å². The molecule has 0 aromatic heterocycles. The third-order valence-corrected chi connectivity index (χ3v) is 6.18. The minimum atomic E-state index is -0.264. The third-order valence-electron chi connectivity index (χ3n) is 4.38. The molecule has 3 rings (SSSR count). The van der Waals surface area contributed by atoms with Gasteiger partial charge in [-0.05, 0) is 35.4 Å². The smallest absolute Gasteiger partial charge is 0.222 e. The topological polar surface area (TPSA) is 29.5 Å². The first kappa shape index (κ1) is 19.6. The minimum Gasteiger partial charge on any atom is -0.489 e. The van der Waals surface area contributed by atoms with E-state index in [1.807, 2.05) is 48.2 Å². The fraction of sp³-hybridized carbons (Fsp3) is 0.350. The van der Waals surface area contributed by atoms with Gasteiger partial charge < -0.3 is 9.64 Å². The molecule has 2 aromatic carbocycles. The van der Waals surface area contributed by atoms with Crippen molar-refractivity contribution in [3.8, 4) is 5.75 Å². The molecule has 0 spiro atoms. The number of nitrogens with zero attached hydrogens (tertiary/aromatic N) is 1. The van der Waals surface area contributed by atoms with Crippen molar-refractivity contribution >= 4 is 40.2 Å². The van der Waals surface area contributed by atoms with Gasteiger partial charge in [-0.3, -0.25) is 4.79 Å². The molecule has 0 amide bonds. The fourth-order valence-electron chi connectivity index (χ4n) is 2.91. The van der Waals surface area contributed by atoms with Crippen LogP contribution in [0.3, 0.4) is 0 Å². The van der Waals surface area contributed by atoms with Crippen LogP contribution in [0.4, 0.5) is 0 Å². The molecule has 2 aromatic rings. The monoisotopic (exact) mass is 409 g/mol. The summed E-state index contributed by atoms with van der Waals surface area (Å²) in [4.78, 5) is 13.3. The molecule has 1 aliphatic rings. The van der Waals surface area contributed by atoms with Crippen LogP contribution < -0.4 is 4.74 Å². The molecule has 0 saturated carbocycles. The van der Waals surface area contributed by atoms with Crippen LogP contribution in [-0.2, 0) is 11.4 Å². The van der Waals surface area contributed by atoms with Crippen molar-refractivity contribution in [2.24, 2.45) is 0 Å². The molecule has 1 aliphatic heterocycles. The van der Waals surface area contributed by atoms with Crippen LogP contribution in [0, 0.1) is 0 Å². The molecule has 6 heteroatoms. The summed E-state index contributed by atoms with van der Waals surface area (Å²) in [5.41, 5.74) is 2.26. The Morgan fingerprint density at radius 2 is 1.96 bits per heavy atom. The van der Waals surface area contributed by atoms with Crippen molar-refractivity contribution in [3.63, 3.8) is 0 Å². The fourth-order valence-corrected chi connectivity index (χ4v) is 4.50. The molecule has 0 N–H and O–H groups in total. The zero-order chi connectivity index (χ0) is 18.4. The largest absolute Gasteiger partial charge is 0.489 e. The number of thioether (sulfide) groups is 1. The summed E-state index contributed by atoms with van der Waals surface area (Å²) in [5, 5.41) is 0.866. The van der Waals surface area contributed by atoms with Gasteiger partial charge in [-0.15, -0.1) is 0 Å². The second-order valence-electron chi connectivity index (χ2n) is 6.21. The maximum Gasteiger partial charge on any atom is 0.222 e. The summed E-state index contributed by atoms with van der Waals surface area (Å²) in [5.74, 6) is 1.89. The van der Waals surface area contributed by atoms with Gasteiger partial charge in [0.25, 0.3) is 0 Å². The summed E-state index contributed by atoms with van der Waals surface area (Å²) in [6.45, 7) is 3.13. The molecular formula is C20H21Cl2NO2S. The highest BCUT2D eigenvalue weighted by Crippen LogP contribution is 2.34. The van der Waals surface area contributed by atoms with Crippen LogP contribution in [0.25, 0.3) is 0 Å². The Balaban J connectivity index is 1.55. The number of carbonyl (C=O) groups excluding carboxylic acids is 1. The Labute approximate surface area is 168 Å². The van der Waals surface area contributed by atoms with Crippen LogP contribution in [0.5, 0.6) is 5.75 Å². The van der Waals surface area contributed by atoms with Gasteiger partial charge in [0, 0.05) is 47.6 Å². The van der Waals surface area contributed by atoms with Crippen molar-refractivity contribution in [3.05, 3.63) is 64.7 Å². The van der Waals surface area contributed by atoms with Crippen molar-refractivity contribution in [2.75, 3.05) is 25.4 Å². The molecule has 1 fully saturated rings. The van der Waals surface area contributed by atoms with E-state index in [4.69, 9.17) is 27.9 Å². The summed E-state index contributed by atoms with van der Waals surface area (Å²) in [6.07, 6.45) is 0.410. The first-order valence-corrected chi connectivity index (χ1v) is 10.4. The first-order chi connectivity index (χ1) is 12.6. The maximum absolute atomic E-state index is 11.0. The molecule has 0 radical (unpaired) electrons. The lowest BCUT2D eigenvalue weighted by molar-refractivity contribution is -0.112. The van der Waals surface area contributed by atoms with Crippen molar-refractivity contribution < 1.29 is 9.53 Å². The quantitative estimate of drug-likeness (QED) is 0.590. The Hall–Kier alpha value is -1.20. The maximum atomic E-state index is 11.0. The Kier molecular flexibility index (Phi) is 7.26. The van der Waals surface area contributed by atoms with Gasteiger partial charge in [-0.2, -0.15) is 11.8 Å². The standard InChI is InChI=1S/C20H21Cl2NO2S/c21-18-4-2-1-3-16(18)14-25-17-7-5-15(6-8-17)19-13-23(11-12-26-19)10-9-20(22)24/h1-8,19H,9-14H2. The van der Waals surface area contributed by atoms with E-state index < -0.39 is 0 Å². The SMILES string of the molecule is O=C(Cl)CCN1CCSC(c2ccc(OCc3ccccc3Cl)cc2)C1. The van der Waals surface area contributed by atoms with Gasteiger partial charge in [0.15, 0.2) is 0 Å².